The molecule has 0 radical (unpaired) electrons. The maximum absolute atomic E-state index is 5.05. The number of hydrogen-bond donors (Lipinski definition) is 0. The van der Waals surface area contributed by atoms with E-state index in [4.69, 9.17) is 9.98 Å². The average molecular weight is 715 g/mol. The zero-order chi connectivity index (χ0) is 34.8. The quantitative estimate of drug-likeness (QED) is 0.0531. The van der Waals surface area contributed by atoms with Gasteiger partial charge in [0.2, 0.25) is 0 Å². The van der Waals surface area contributed by atoms with Gasteiger partial charge in [0, 0.05) is 6.21 Å². The van der Waals surface area contributed by atoms with Crippen molar-refractivity contribution in [2.24, 2.45) is 9.98 Å². The number of aliphatic imine (C=N–C) groups is 2. The van der Waals surface area contributed by atoms with Crippen molar-refractivity contribution in [3.8, 4) is 11.1 Å². The van der Waals surface area contributed by atoms with Crippen LogP contribution in [0.3, 0.4) is 0 Å². The second kappa shape index (κ2) is 26.6. The summed E-state index contributed by atoms with van der Waals surface area (Å²) in [6.45, 7) is 11.2. The summed E-state index contributed by atoms with van der Waals surface area (Å²) >= 11 is 3.35. The van der Waals surface area contributed by atoms with E-state index in [1.807, 2.05) is 6.21 Å². The molecule has 0 fully saturated rings. The molecule has 0 N–H and O–H groups in total. The zero-order valence-corrected chi connectivity index (χ0v) is 32.6. The van der Waals surface area contributed by atoms with E-state index in [9.17, 15) is 0 Å². The minimum atomic E-state index is 0.943. The third kappa shape index (κ3) is 16.5. The van der Waals surface area contributed by atoms with Crippen LogP contribution in [0.5, 0.6) is 0 Å². The van der Waals surface area contributed by atoms with E-state index in [0.29, 0.717) is 0 Å². The average Bonchev–Trinajstić information content (AvgIpc) is 3.10. The molecule has 0 saturated heterocycles. The number of nitrogens with zero attached hydrogens (tertiary/aromatic N) is 2. The molecule has 0 heterocycles. The van der Waals surface area contributed by atoms with E-state index in [1.165, 1.54) is 149 Å². The van der Waals surface area contributed by atoms with Crippen molar-refractivity contribution in [3.05, 3.63) is 82.9 Å². The fraction of sp³-hybridized carbons (Fsp3) is 0.545. The van der Waals surface area contributed by atoms with Gasteiger partial charge in [-0.1, -0.05) is 141 Å². The standard InChI is InChI=1S/C44H64N2.ClH.Ni/c1-6-9-12-15-17-21-28-40-33-42(31-30-38(40)25-20-14-11-8-3)45-35-37(5)46-43-32-36(4)44(39-26-23-19-24-27-39)41(34-43)29-22-18-16-13-10-7-2;;/h19,23-24,26-27,30-35H,6-18,20-22,25,28-29H2,1-5H3;1H;/q;;+1/p-1. The summed E-state index contributed by atoms with van der Waals surface area (Å²) < 4.78 is 0. The molecular formula is C44H64ClN2Ni. The van der Waals surface area contributed by atoms with Crippen molar-refractivity contribution >= 4 is 33.5 Å². The molecular weight excluding hydrogens is 651 g/mol. The maximum atomic E-state index is 5.05. The van der Waals surface area contributed by atoms with Gasteiger partial charge < -0.3 is 0 Å². The second-order valence-corrected chi connectivity index (χ2v) is 13.5. The molecule has 0 bridgehead atoms. The fourth-order valence-corrected chi connectivity index (χ4v) is 6.62. The van der Waals surface area contributed by atoms with Crippen molar-refractivity contribution in [1.82, 2.24) is 0 Å². The Hall–Kier alpha value is -2.22. The molecule has 3 rings (SSSR count). The first-order valence-electron chi connectivity index (χ1n) is 19.1. The predicted octanol–water partition coefficient (Wildman–Crippen LogP) is 14.8. The molecule has 4 heteroatoms. The number of halogens is 1. The van der Waals surface area contributed by atoms with Crippen LogP contribution in [0.2, 0.25) is 0 Å². The number of unbranched alkanes of at least 4 members (excludes halogenated alkanes) is 13. The minimum absolute atomic E-state index is 0.943. The summed E-state index contributed by atoms with van der Waals surface area (Å²) in [7, 11) is 4.26. The van der Waals surface area contributed by atoms with Crippen LogP contribution in [-0.4, -0.2) is 11.9 Å². The van der Waals surface area contributed by atoms with Gasteiger partial charge in [0.05, 0.1) is 17.1 Å². The van der Waals surface area contributed by atoms with Crippen LogP contribution in [-0.2, 0) is 33.8 Å². The number of rotatable bonds is 23. The van der Waals surface area contributed by atoms with Gasteiger partial charge >= 0.3 is 24.8 Å². The summed E-state index contributed by atoms with van der Waals surface area (Å²) in [5.74, 6) is 0. The third-order valence-corrected chi connectivity index (χ3v) is 9.26. The van der Waals surface area contributed by atoms with Crippen molar-refractivity contribution < 1.29 is 14.6 Å². The van der Waals surface area contributed by atoms with E-state index < -0.39 is 0 Å². The first kappa shape index (κ1) is 42.0. The molecule has 0 atom stereocenters. The molecule has 267 valence electrons. The second-order valence-electron chi connectivity index (χ2n) is 13.5. The Kier molecular flexibility index (Phi) is 23.3. The molecule has 0 amide bonds. The van der Waals surface area contributed by atoms with Gasteiger partial charge in [0.25, 0.3) is 0 Å². The summed E-state index contributed by atoms with van der Waals surface area (Å²) in [6, 6.07) is 22.4. The Balaban J connectivity index is 0.00000392. The summed E-state index contributed by atoms with van der Waals surface area (Å²) in [5, 5.41) is 0. The van der Waals surface area contributed by atoms with E-state index in [1.54, 1.807) is 0 Å². The molecule has 48 heavy (non-hydrogen) atoms. The molecule has 3 aromatic rings. The van der Waals surface area contributed by atoms with Crippen LogP contribution >= 0.6 is 10.2 Å². The fourth-order valence-electron chi connectivity index (χ4n) is 6.62. The molecule has 0 aliphatic rings. The molecule has 0 aromatic heterocycles. The summed E-state index contributed by atoms with van der Waals surface area (Å²) in [6.07, 6.45) is 26.5. The third-order valence-electron chi connectivity index (χ3n) is 9.26. The normalized spacial score (nSPS) is 11.6. The van der Waals surface area contributed by atoms with Crippen molar-refractivity contribution in [1.29, 1.82) is 0 Å². The SMILES string of the molecule is CCCCCCCCc1cc(N=CC(C)=Nc2cc(C)c(-c3ccccc3)c(CCCCCCCC)c2)ccc1CCCCCC.[Cl][Ni]. The monoisotopic (exact) mass is 713 g/mol. The van der Waals surface area contributed by atoms with Crippen molar-refractivity contribution in [3.63, 3.8) is 0 Å². The van der Waals surface area contributed by atoms with Crippen LogP contribution in [0.1, 0.15) is 153 Å². The number of hydrogen-bond acceptors (Lipinski definition) is 2. The zero-order valence-electron chi connectivity index (χ0n) is 30.9. The first-order valence-corrected chi connectivity index (χ1v) is 20.4. The molecule has 0 unspecified atom stereocenters. The van der Waals surface area contributed by atoms with E-state index in [0.717, 1.165) is 23.5 Å². The molecule has 0 saturated carbocycles. The van der Waals surface area contributed by atoms with Crippen LogP contribution in [0.4, 0.5) is 11.4 Å². The van der Waals surface area contributed by atoms with Gasteiger partial charge in [-0.15, -0.1) is 0 Å². The Morgan fingerprint density at radius 3 is 1.69 bits per heavy atom. The van der Waals surface area contributed by atoms with E-state index >= 15 is 0 Å². The van der Waals surface area contributed by atoms with Gasteiger partial charge in [-0.3, -0.25) is 9.98 Å². The Morgan fingerprint density at radius 2 is 1.08 bits per heavy atom. The van der Waals surface area contributed by atoms with Gasteiger partial charge in [0.1, 0.15) is 0 Å². The summed E-state index contributed by atoms with van der Waals surface area (Å²) in [5.41, 5.74) is 11.5. The summed E-state index contributed by atoms with van der Waals surface area (Å²) in [4.78, 5) is 9.97. The molecule has 0 aliphatic heterocycles. The van der Waals surface area contributed by atoms with Crippen LogP contribution in [0.25, 0.3) is 11.1 Å². The van der Waals surface area contributed by atoms with E-state index in [-0.39, 0.29) is 0 Å². The Labute approximate surface area is 307 Å². The molecule has 0 spiro atoms. The van der Waals surface area contributed by atoms with Crippen LogP contribution in [0, 0.1) is 6.92 Å². The van der Waals surface area contributed by atoms with E-state index in [2.05, 4.69) is 120 Å². The molecule has 2 nitrogen and oxygen atoms in total. The topological polar surface area (TPSA) is 24.7 Å². The predicted molar refractivity (Wildman–Crippen MR) is 212 cm³/mol. The van der Waals surface area contributed by atoms with Crippen molar-refractivity contribution in [2.75, 3.05) is 0 Å². The molecule has 0 aliphatic carbocycles. The van der Waals surface area contributed by atoms with Gasteiger partial charge in [-0.2, -0.15) is 0 Å². The van der Waals surface area contributed by atoms with Gasteiger partial charge in [0.15, 0.2) is 0 Å². The number of aryl methyl sites for hydroxylation is 4. The van der Waals surface area contributed by atoms with Crippen molar-refractivity contribution in [2.45, 2.75) is 157 Å². The van der Waals surface area contributed by atoms with Gasteiger partial charge in [-0.25, -0.2) is 0 Å². The van der Waals surface area contributed by atoms with Gasteiger partial charge in [-0.05, 0) is 110 Å². The first-order chi connectivity index (χ1) is 23.5. The Bertz CT molecular complexity index is 1330. The van der Waals surface area contributed by atoms with Crippen LogP contribution < -0.4 is 0 Å². The number of benzene rings is 3. The Morgan fingerprint density at radius 1 is 0.583 bits per heavy atom. The van der Waals surface area contributed by atoms with Crippen LogP contribution in [0.15, 0.2) is 70.6 Å². The molecule has 3 aromatic carbocycles.